The number of carbonyl (C=O) groups is 2. The number of carbonyl (C=O) groups excluding carboxylic acids is 2. The van der Waals surface area contributed by atoms with Gasteiger partial charge in [0.05, 0.1) is 11.9 Å². The van der Waals surface area contributed by atoms with Crippen LogP contribution in [0.1, 0.15) is 96.8 Å². The molecule has 0 saturated heterocycles. The van der Waals surface area contributed by atoms with Gasteiger partial charge in [-0.2, -0.15) is 8.42 Å². The number of hydrogen-bond donors (Lipinski definition) is 1. The number of aliphatic carboxylic acids is 2. The average Bonchev–Trinajstić information content (AvgIpc) is 2.62. The fourth-order valence-electron chi connectivity index (χ4n) is 3.19. The van der Waals surface area contributed by atoms with Gasteiger partial charge in [-0.3, -0.25) is 4.55 Å². The van der Waals surface area contributed by atoms with E-state index in [9.17, 15) is 28.2 Å². The van der Waals surface area contributed by atoms with Crippen molar-refractivity contribution in [1.82, 2.24) is 0 Å². The average molecular weight is 506 g/mol. The molecule has 8 nitrogen and oxygen atoms in total. The maximum absolute atomic E-state index is 11.0. The van der Waals surface area contributed by atoms with Gasteiger partial charge in [-0.15, -0.1) is 0 Å². The molecule has 0 aromatic rings. The summed E-state index contributed by atoms with van der Waals surface area (Å²) in [7, 11) is -5.19. The van der Waals surface area contributed by atoms with Gasteiger partial charge in [0.25, 0.3) is 10.1 Å². The molecule has 0 aliphatic heterocycles. The van der Waals surface area contributed by atoms with Crippen LogP contribution in [0.5, 0.6) is 0 Å². The van der Waals surface area contributed by atoms with Gasteiger partial charge in [0.15, 0.2) is 5.25 Å². The molecule has 32 heavy (non-hydrogen) atoms. The Morgan fingerprint density at radius 1 is 0.719 bits per heavy atom. The Morgan fingerprint density at radius 2 is 1.06 bits per heavy atom. The van der Waals surface area contributed by atoms with Crippen LogP contribution < -0.4 is 98.9 Å². The molecular formula is C20H36Na3O8S+. The third kappa shape index (κ3) is 22.3. The van der Waals surface area contributed by atoms with Crippen molar-refractivity contribution >= 4 is 22.1 Å². The van der Waals surface area contributed by atoms with E-state index in [1.807, 2.05) is 0 Å². The number of unbranched alkanes of at least 4 members (excludes halogenated alkanes) is 13. The largest absolute Gasteiger partial charge is 1.00 e. The Kier molecular flexibility index (Phi) is 33.1. The van der Waals surface area contributed by atoms with Gasteiger partial charge < -0.3 is 24.5 Å². The third-order valence-electron chi connectivity index (χ3n) is 4.86. The molecular weight excluding hydrogens is 469 g/mol. The molecule has 0 aromatic heterocycles. The molecule has 0 amide bonds. The molecule has 0 aromatic carbocycles. The minimum atomic E-state index is -5.19. The van der Waals surface area contributed by atoms with E-state index in [1.165, 1.54) is 57.8 Å². The summed E-state index contributed by atoms with van der Waals surface area (Å²) >= 11 is 0. The monoisotopic (exact) mass is 505 g/mol. The summed E-state index contributed by atoms with van der Waals surface area (Å²) in [5.74, 6) is -4.27. The van der Waals surface area contributed by atoms with Gasteiger partial charge in [-0.05, 0) is 6.42 Å². The summed E-state index contributed by atoms with van der Waals surface area (Å²) in [6.07, 6.45) is 13.6. The van der Waals surface area contributed by atoms with Crippen molar-refractivity contribution in [3.8, 4) is 0 Å². The topological polar surface area (TPSA) is 144 Å². The maximum atomic E-state index is 11.0. The molecule has 2 atom stereocenters. The van der Waals surface area contributed by atoms with Crippen molar-refractivity contribution in [2.75, 3.05) is 6.61 Å². The second-order valence-electron chi connectivity index (χ2n) is 7.46. The predicted octanol–water partition coefficient (Wildman–Crippen LogP) is -7.38. The Bertz CT molecular complexity index is 561. The fourth-order valence-corrected chi connectivity index (χ4v) is 3.93. The molecule has 2 unspecified atom stereocenters. The van der Waals surface area contributed by atoms with Gasteiger partial charge in [0.1, 0.15) is 6.10 Å². The molecule has 0 aliphatic rings. The summed E-state index contributed by atoms with van der Waals surface area (Å²) in [5.41, 5.74) is 0. The van der Waals surface area contributed by atoms with Gasteiger partial charge in [-0.25, -0.2) is 0 Å². The zero-order valence-corrected chi connectivity index (χ0v) is 27.3. The normalized spacial score (nSPS) is 12.6. The van der Waals surface area contributed by atoms with Crippen molar-refractivity contribution in [2.24, 2.45) is 0 Å². The summed E-state index contributed by atoms with van der Waals surface area (Å²) in [4.78, 5) is 21.8. The molecule has 172 valence electrons. The van der Waals surface area contributed by atoms with E-state index in [2.05, 4.69) is 6.92 Å². The second-order valence-corrected chi connectivity index (χ2v) is 9.00. The zero-order chi connectivity index (χ0) is 22.1. The van der Waals surface area contributed by atoms with Crippen LogP contribution in [-0.4, -0.2) is 42.9 Å². The van der Waals surface area contributed by atoms with Crippen LogP contribution in [0.15, 0.2) is 0 Å². The Labute approximate surface area is 260 Å². The van der Waals surface area contributed by atoms with Gasteiger partial charge in [0.2, 0.25) is 0 Å². The first-order chi connectivity index (χ1) is 13.7. The molecule has 0 aliphatic carbocycles. The van der Waals surface area contributed by atoms with E-state index in [0.717, 1.165) is 25.7 Å². The molecule has 1 N–H and O–H groups in total. The van der Waals surface area contributed by atoms with Gasteiger partial charge >= 0.3 is 88.7 Å². The van der Waals surface area contributed by atoms with Crippen LogP contribution in [0, 0.1) is 0 Å². The predicted molar refractivity (Wildman–Crippen MR) is 105 cm³/mol. The minimum absolute atomic E-state index is 0. The van der Waals surface area contributed by atoms with Crippen molar-refractivity contribution in [3.05, 3.63) is 0 Å². The molecule has 0 rings (SSSR count). The summed E-state index contributed by atoms with van der Waals surface area (Å²) in [6, 6.07) is 0. The first-order valence-electron chi connectivity index (χ1n) is 10.7. The first kappa shape index (κ1) is 41.0. The number of carboxylic acids is 2. The van der Waals surface area contributed by atoms with E-state index < -0.39 is 33.4 Å². The molecule has 0 fully saturated rings. The Morgan fingerprint density at radius 3 is 1.34 bits per heavy atom. The van der Waals surface area contributed by atoms with Crippen LogP contribution in [0.4, 0.5) is 0 Å². The zero-order valence-electron chi connectivity index (χ0n) is 20.5. The number of ether oxygens (including phenoxy) is 1. The van der Waals surface area contributed by atoms with E-state index in [1.54, 1.807) is 0 Å². The molecule has 0 spiro atoms. The van der Waals surface area contributed by atoms with Crippen LogP contribution in [-0.2, 0) is 24.4 Å². The molecule has 0 radical (unpaired) electrons. The SMILES string of the molecule is CCCCCCCCCCCCCCCCOC(C(=O)[O-])C(C(=O)[O-])S(=O)(=O)O.[Na+].[Na+].[Na+]. The smallest absolute Gasteiger partial charge is 0.549 e. The fraction of sp³-hybridized carbons (Fsp3) is 0.900. The van der Waals surface area contributed by atoms with E-state index >= 15 is 0 Å². The third-order valence-corrected chi connectivity index (χ3v) is 5.94. The molecule has 0 bridgehead atoms. The van der Waals surface area contributed by atoms with Gasteiger partial charge in [0, 0.05) is 6.61 Å². The standard InChI is InChI=1S/C20H38O8S.3Na/c1-2-3-4-5-6-7-8-9-10-11-12-13-14-15-16-28-17(19(21)22)18(20(23)24)29(25,26)27;;;/h17-18H,2-16H2,1H3,(H,21,22)(H,23,24)(H,25,26,27);;;/q;3*+1/p-2. The number of rotatable bonds is 20. The molecule has 0 saturated carbocycles. The molecule has 0 heterocycles. The van der Waals surface area contributed by atoms with E-state index in [0.29, 0.717) is 6.42 Å². The van der Waals surface area contributed by atoms with Crippen molar-refractivity contribution in [1.29, 1.82) is 0 Å². The number of carboxylic acid groups (broad SMARTS) is 2. The van der Waals surface area contributed by atoms with Crippen LogP contribution in [0.3, 0.4) is 0 Å². The van der Waals surface area contributed by atoms with Crippen LogP contribution in [0.25, 0.3) is 0 Å². The number of hydrogen-bond acceptors (Lipinski definition) is 7. The van der Waals surface area contributed by atoms with Crippen LogP contribution in [0.2, 0.25) is 0 Å². The summed E-state index contributed by atoms with van der Waals surface area (Å²) < 4.78 is 35.8. The molecule has 12 heteroatoms. The van der Waals surface area contributed by atoms with Crippen molar-refractivity contribution < 1.29 is 126 Å². The summed E-state index contributed by atoms with van der Waals surface area (Å²) in [6.45, 7) is 2.07. The van der Waals surface area contributed by atoms with Crippen LogP contribution >= 0.6 is 0 Å². The first-order valence-corrected chi connectivity index (χ1v) is 12.2. The van der Waals surface area contributed by atoms with Crippen molar-refractivity contribution in [3.63, 3.8) is 0 Å². The summed E-state index contributed by atoms with van der Waals surface area (Å²) in [5, 5.41) is 19.1. The van der Waals surface area contributed by atoms with E-state index in [-0.39, 0.29) is 95.3 Å². The maximum Gasteiger partial charge on any atom is 1.00 e. The quantitative estimate of drug-likeness (QED) is 0.0977. The second kappa shape index (κ2) is 25.9. The Hall–Kier alpha value is 1.81. The minimum Gasteiger partial charge on any atom is -0.549 e. The van der Waals surface area contributed by atoms with E-state index in [4.69, 9.17) is 9.29 Å². The van der Waals surface area contributed by atoms with Crippen molar-refractivity contribution in [2.45, 2.75) is 108 Å². The Balaban J connectivity index is -0.00000131. The van der Waals surface area contributed by atoms with Gasteiger partial charge in [-0.1, -0.05) is 90.4 Å².